The Kier molecular flexibility index (Phi) is 23.0. The third kappa shape index (κ3) is 18.1. The Balaban J connectivity index is 1.80. The number of hydrogen-bond acceptors (Lipinski definition) is 15. The first-order valence-electron chi connectivity index (χ1n) is 22.7. The highest BCUT2D eigenvalue weighted by Crippen LogP contribution is 2.21. The van der Waals surface area contributed by atoms with Crippen molar-refractivity contribution in [1.82, 2.24) is 41.7 Å². The van der Waals surface area contributed by atoms with Gasteiger partial charge in [0.05, 0.1) is 25.7 Å². The lowest BCUT2D eigenvalue weighted by atomic mass is 10.0. The van der Waals surface area contributed by atoms with Gasteiger partial charge >= 0.3 is 17.9 Å². The zero-order chi connectivity index (χ0) is 52.9. The van der Waals surface area contributed by atoms with Crippen LogP contribution in [0.2, 0.25) is 0 Å². The number of guanidine groups is 1. The number of carboxylic acid groups (broad SMARTS) is 3. The maximum absolute atomic E-state index is 14.2. The number of aliphatic hydroxyl groups is 2. The molecule has 2 aliphatic heterocycles. The number of rotatable bonds is 28. The highest BCUT2D eigenvalue weighted by atomic mass is 16.4. The van der Waals surface area contributed by atoms with E-state index in [1.807, 2.05) is 5.32 Å². The monoisotopic (exact) mass is 1000 g/mol. The van der Waals surface area contributed by atoms with Gasteiger partial charge in [-0.05, 0) is 57.4 Å². The fourth-order valence-electron chi connectivity index (χ4n) is 7.79. The Morgan fingerprint density at radius 2 is 1.15 bits per heavy atom. The normalized spacial score (nSPS) is 18.2. The number of carboxylic acids is 3. The van der Waals surface area contributed by atoms with Crippen LogP contribution in [0, 0.1) is 0 Å². The number of aliphatic hydroxyl groups excluding tert-OH is 2. The molecule has 1 aromatic carbocycles. The number of likely N-dealkylation sites (tertiary alicyclic amines) is 2. The van der Waals surface area contributed by atoms with E-state index in [9.17, 15) is 73.2 Å². The molecule has 8 amide bonds. The molecule has 28 heteroatoms. The van der Waals surface area contributed by atoms with Crippen LogP contribution in [0.5, 0.6) is 0 Å². The minimum atomic E-state index is -1.81. The summed E-state index contributed by atoms with van der Waals surface area (Å²) in [4.78, 5) is 149. The van der Waals surface area contributed by atoms with Gasteiger partial charge in [-0.3, -0.25) is 52.9 Å². The topological polar surface area (TPSA) is 458 Å². The first-order chi connectivity index (χ1) is 33.6. The molecule has 9 unspecified atom stereocenters. The highest BCUT2D eigenvalue weighted by Gasteiger charge is 2.41. The number of nitrogens with zero attached hydrogens (tertiary/aromatic N) is 3. The van der Waals surface area contributed by atoms with Crippen LogP contribution in [0.3, 0.4) is 0 Å². The molecule has 28 nitrogen and oxygen atoms in total. The van der Waals surface area contributed by atoms with Crippen molar-refractivity contribution in [2.24, 2.45) is 22.2 Å². The Bertz CT molecular complexity index is 2130. The van der Waals surface area contributed by atoms with E-state index in [0.29, 0.717) is 12.0 Å². The molecule has 2 aliphatic rings. The van der Waals surface area contributed by atoms with Crippen LogP contribution < -0.4 is 49.1 Å². The van der Waals surface area contributed by atoms with Gasteiger partial charge < -0.3 is 84.4 Å². The number of aliphatic carboxylic acids is 3. The van der Waals surface area contributed by atoms with E-state index in [4.69, 9.17) is 22.3 Å². The molecule has 392 valence electrons. The van der Waals surface area contributed by atoms with Crippen LogP contribution in [0.15, 0.2) is 35.3 Å². The fourth-order valence-corrected chi connectivity index (χ4v) is 7.79. The van der Waals surface area contributed by atoms with Gasteiger partial charge in [0.25, 0.3) is 0 Å². The Morgan fingerprint density at radius 1 is 0.648 bits per heavy atom. The number of benzene rings is 1. The Morgan fingerprint density at radius 3 is 1.69 bits per heavy atom. The number of carbonyl (C=O) groups excluding carboxylic acids is 8. The quantitative estimate of drug-likeness (QED) is 0.0211. The van der Waals surface area contributed by atoms with Crippen molar-refractivity contribution < 1.29 is 78.3 Å². The SMILES string of the molecule is CC(NC(=O)C(CCCN=C(N)N)NC(=O)C(Cc1ccccc1)NC(=O)C(CO)NC(=O)C1CCCN1C(=O)C(N)CCC(=O)O)C(=O)N1CCCC1C(=O)NC(CC(=O)O)C(=O)NC(CO)C(=O)O. The number of aliphatic imine (C=N–C) groups is 1. The third-order valence-corrected chi connectivity index (χ3v) is 11.5. The molecule has 17 N–H and O–H groups in total. The number of amides is 8. The molecule has 1 aromatic rings. The van der Waals surface area contributed by atoms with Crippen LogP contribution in [0.4, 0.5) is 0 Å². The second kappa shape index (κ2) is 28.3. The molecule has 2 heterocycles. The lowest BCUT2D eigenvalue weighted by molar-refractivity contribution is -0.145. The zero-order valence-corrected chi connectivity index (χ0v) is 39.0. The van der Waals surface area contributed by atoms with Gasteiger partial charge in [-0.15, -0.1) is 0 Å². The van der Waals surface area contributed by atoms with Crippen molar-refractivity contribution in [1.29, 1.82) is 0 Å². The molecular weight excluding hydrogens is 941 g/mol. The first-order valence-corrected chi connectivity index (χ1v) is 22.7. The predicted octanol–water partition coefficient (Wildman–Crippen LogP) is -6.07. The van der Waals surface area contributed by atoms with Crippen LogP contribution >= 0.6 is 0 Å². The third-order valence-electron chi connectivity index (χ3n) is 11.5. The van der Waals surface area contributed by atoms with E-state index in [1.165, 1.54) is 11.8 Å². The molecule has 2 fully saturated rings. The van der Waals surface area contributed by atoms with Crippen molar-refractivity contribution in [2.45, 2.75) is 126 Å². The molecule has 9 atom stereocenters. The van der Waals surface area contributed by atoms with E-state index >= 15 is 0 Å². The fraction of sp³-hybridized carbons (Fsp3) is 0.581. The summed E-state index contributed by atoms with van der Waals surface area (Å²) < 4.78 is 0. The number of nitrogens with one attached hydrogen (secondary N) is 6. The molecular formula is C43H64N12O16. The first kappa shape index (κ1) is 57.9. The summed E-state index contributed by atoms with van der Waals surface area (Å²) in [5.41, 5.74) is 17.4. The van der Waals surface area contributed by atoms with E-state index < -0.39 is 139 Å². The van der Waals surface area contributed by atoms with Crippen molar-refractivity contribution in [3.8, 4) is 0 Å². The molecule has 0 bridgehead atoms. The molecule has 0 aliphatic carbocycles. The van der Waals surface area contributed by atoms with Gasteiger partial charge in [0.1, 0.15) is 48.3 Å². The lowest BCUT2D eigenvalue weighted by Crippen LogP contribution is -2.60. The molecule has 71 heavy (non-hydrogen) atoms. The minimum absolute atomic E-state index is 0.000749. The lowest BCUT2D eigenvalue weighted by Gasteiger charge is -2.30. The summed E-state index contributed by atoms with van der Waals surface area (Å²) in [6, 6.07) is -4.77. The second-order valence-electron chi connectivity index (χ2n) is 16.9. The number of nitrogens with two attached hydrogens (primary N) is 3. The van der Waals surface area contributed by atoms with Gasteiger partial charge in [0.2, 0.25) is 47.3 Å². The Labute approximate surface area is 406 Å². The van der Waals surface area contributed by atoms with E-state index in [2.05, 4.69) is 31.6 Å². The number of hydrogen-bond donors (Lipinski definition) is 14. The molecule has 2 saturated heterocycles. The minimum Gasteiger partial charge on any atom is -0.481 e. The van der Waals surface area contributed by atoms with Crippen molar-refractivity contribution in [3.05, 3.63) is 35.9 Å². The van der Waals surface area contributed by atoms with E-state index in [1.54, 1.807) is 30.3 Å². The average molecular weight is 1010 g/mol. The van der Waals surface area contributed by atoms with Gasteiger partial charge in [0, 0.05) is 32.5 Å². The summed E-state index contributed by atoms with van der Waals surface area (Å²) in [7, 11) is 0. The van der Waals surface area contributed by atoms with E-state index in [-0.39, 0.29) is 77.0 Å². The zero-order valence-electron chi connectivity index (χ0n) is 39.0. The summed E-state index contributed by atoms with van der Waals surface area (Å²) >= 11 is 0. The summed E-state index contributed by atoms with van der Waals surface area (Å²) in [5.74, 6) is -11.9. The second-order valence-corrected chi connectivity index (χ2v) is 16.9. The van der Waals surface area contributed by atoms with Crippen LogP contribution in [0.25, 0.3) is 0 Å². The van der Waals surface area contributed by atoms with E-state index in [0.717, 1.165) is 4.90 Å². The molecule has 0 aromatic heterocycles. The standard InChI is InChI=1S/C43H64N12O16/c1-22(40(68)54-16-6-11-30(54)38(66)51-27(19-33(60)61)36(64)53-29(21-57)42(70)71)48-34(62)25(10-5-15-47-43(45)46)49-35(63)26(18-23-8-3-2-4-9-23)50-37(65)28(20-56)52-39(67)31-12-7-17-55(31)41(69)24(44)13-14-32(58)59/h2-4,8-9,22,24-31,56-57H,5-7,10-21,44H2,1H3,(H,48,62)(H,49,63)(H,50,65)(H,51,66)(H,52,67)(H,53,64)(H,58,59)(H,60,61)(H,70,71)(H4,45,46,47). The number of carbonyl (C=O) groups is 11. The van der Waals surface area contributed by atoms with Gasteiger partial charge in [-0.25, -0.2) is 4.79 Å². The van der Waals surface area contributed by atoms with Gasteiger partial charge in [-0.2, -0.15) is 0 Å². The van der Waals surface area contributed by atoms with Crippen LogP contribution in [-0.2, 0) is 59.2 Å². The van der Waals surface area contributed by atoms with Gasteiger partial charge in [0.15, 0.2) is 5.96 Å². The van der Waals surface area contributed by atoms with Crippen LogP contribution in [-0.4, -0.2) is 194 Å². The summed E-state index contributed by atoms with van der Waals surface area (Å²) in [6.07, 6.45) is -0.863. The maximum Gasteiger partial charge on any atom is 0.328 e. The molecule has 0 saturated carbocycles. The van der Waals surface area contributed by atoms with Crippen LogP contribution in [0.1, 0.15) is 70.3 Å². The van der Waals surface area contributed by atoms with Crippen molar-refractivity contribution in [2.75, 3.05) is 32.8 Å². The smallest absolute Gasteiger partial charge is 0.328 e. The van der Waals surface area contributed by atoms with Gasteiger partial charge in [-0.1, -0.05) is 30.3 Å². The molecule has 3 rings (SSSR count). The highest BCUT2D eigenvalue weighted by molar-refractivity contribution is 5.99. The largest absolute Gasteiger partial charge is 0.481 e. The summed E-state index contributed by atoms with van der Waals surface area (Å²) in [5, 5.41) is 61.3. The van der Waals surface area contributed by atoms with Crippen molar-refractivity contribution >= 4 is 71.1 Å². The summed E-state index contributed by atoms with van der Waals surface area (Å²) in [6.45, 7) is -0.574. The maximum atomic E-state index is 14.2. The molecule has 0 spiro atoms. The molecule has 0 radical (unpaired) electrons. The Hall–Kier alpha value is -7.46. The predicted molar refractivity (Wildman–Crippen MR) is 246 cm³/mol. The average Bonchev–Trinajstić information content (AvgIpc) is 4.03. The van der Waals surface area contributed by atoms with Crippen molar-refractivity contribution in [3.63, 3.8) is 0 Å².